The Labute approximate surface area is 167 Å². The number of rotatable bonds is 8. The molecule has 0 aliphatic carbocycles. The molecule has 0 aliphatic rings. The van der Waals surface area contributed by atoms with Gasteiger partial charge < -0.3 is 5.32 Å². The number of hydrogen-bond acceptors (Lipinski definition) is 3. The minimum atomic E-state index is -0.320. The van der Waals surface area contributed by atoms with Crippen LogP contribution in [0, 0.1) is 11.6 Å². The quantitative estimate of drug-likeness (QED) is 0.570. The fraction of sp³-hybridized carbons (Fsp3) is 0.238. The highest BCUT2D eigenvalue weighted by Gasteiger charge is 2.16. The number of aromatic nitrogens is 2. The average molecular weight is 401 g/mol. The molecule has 2 aromatic carbocycles. The maximum atomic E-state index is 13.6. The van der Waals surface area contributed by atoms with E-state index in [1.807, 2.05) is 13.0 Å². The van der Waals surface area contributed by atoms with Gasteiger partial charge in [-0.1, -0.05) is 25.1 Å². The van der Waals surface area contributed by atoms with E-state index in [2.05, 4.69) is 10.4 Å². The third-order valence-electron chi connectivity index (χ3n) is 4.27. The van der Waals surface area contributed by atoms with Gasteiger partial charge in [0.1, 0.15) is 11.6 Å². The van der Waals surface area contributed by atoms with Gasteiger partial charge in [-0.3, -0.25) is 4.79 Å². The molecular formula is C21H21F2N3OS. The highest BCUT2D eigenvalue weighted by molar-refractivity contribution is 7.98. The normalized spacial score (nSPS) is 10.8. The summed E-state index contributed by atoms with van der Waals surface area (Å²) in [4.78, 5) is 12.5. The third-order valence-corrected chi connectivity index (χ3v) is 5.27. The van der Waals surface area contributed by atoms with Crippen LogP contribution in [0.5, 0.6) is 0 Å². The molecule has 0 saturated carbocycles. The lowest BCUT2D eigenvalue weighted by molar-refractivity contribution is 0.0955. The summed E-state index contributed by atoms with van der Waals surface area (Å²) >= 11 is 1.56. The van der Waals surface area contributed by atoms with Crippen LogP contribution in [0.15, 0.2) is 54.7 Å². The predicted molar refractivity (Wildman–Crippen MR) is 108 cm³/mol. The minimum absolute atomic E-state index is 0.197. The van der Waals surface area contributed by atoms with Crippen LogP contribution in [0.1, 0.15) is 28.5 Å². The number of thioether (sulfide) groups is 1. The van der Waals surface area contributed by atoms with Gasteiger partial charge >= 0.3 is 0 Å². The van der Waals surface area contributed by atoms with Gasteiger partial charge in [-0.15, -0.1) is 0 Å². The summed E-state index contributed by atoms with van der Waals surface area (Å²) < 4.78 is 28.4. The van der Waals surface area contributed by atoms with Gasteiger partial charge in [-0.2, -0.15) is 16.9 Å². The van der Waals surface area contributed by atoms with Crippen molar-refractivity contribution in [3.8, 4) is 5.69 Å². The minimum Gasteiger partial charge on any atom is -0.351 e. The molecule has 1 N–H and O–H groups in total. The van der Waals surface area contributed by atoms with E-state index in [4.69, 9.17) is 0 Å². The van der Waals surface area contributed by atoms with Crippen LogP contribution >= 0.6 is 11.8 Å². The van der Waals surface area contributed by atoms with E-state index in [0.717, 1.165) is 5.69 Å². The Balaban J connectivity index is 1.56. The Bertz CT molecular complexity index is 941. The Hall–Kier alpha value is -2.67. The van der Waals surface area contributed by atoms with Crippen LogP contribution < -0.4 is 5.32 Å². The van der Waals surface area contributed by atoms with Crippen molar-refractivity contribution in [2.75, 3.05) is 12.3 Å². The number of nitrogens with zero attached hydrogens (tertiary/aromatic N) is 2. The van der Waals surface area contributed by atoms with Crippen molar-refractivity contribution in [1.29, 1.82) is 0 Å². The van der Waals surface area contributed by atoms with Crippen LogP contribution in [-0.4, -0.2) is 28.0 Å². The zero-order valence-corrected chi connectivity index (χ0v) is 16.3. The molecule has 146 valence electrons. The molecule has 0 unspecified atom stereocenters. The fourth-order valence-electron chi connectivity index (χ4n) is 2.84. The monoisotopic (exact) mass is 401 g/mol. The maximum Gasteiger partial charge on any atom is 0.254 e. The van der Waals surface area contributed by atoms with E-state index >= 15 is 0 Å². The molecule has 0 spiro atoms. The molecule has 0 radical (unpaired) electrons. The second-order valence-electron chi connectivity index (χ2n) is 6.15. The molecule has 0 bridgehead atoms. The summed E-state index contributed by atoms with van der Waals surface area (Å²) in [6, 6.07) is 12.7. The third kappa shape index (κ3) is 4.78. The van der Waals surface area contributed by atoms with Crippen LogP contribution in [0.2, 0.25) is 0 Å². The van der Waals surface area contributed by atoms with Crippen LogP contribution in [0.25, 0.3) is 5.69 Å². The lowest BCUT2D eigenvalue weighted by Gasteiger charge is -2.09. The molecule has 3 aromatic rings. The molecule has 1 aromatic heterocycles. The Morgan fingerprint density at radius 1 is 1.14 bits per heavy atom. The SMILES string of the molecule is CCc1c(C(=O)NCCSCc2ccccc2F)cnn1-c1ccc(F)cc1. The number of carbonyl (C=O) groups is 1. The largest absolute Gasteiger partial charge is 0.351 e. The van der Waals surface area contributed by atoms with E-state index in [-0.39, 0.29) is 17.5 Å². The number of amides is 1. The first-order valence-electron chi connectivity index (χ1n) is 9.02. The highest BCUT2D eigenvalue weighted by Crippen LogP contribution is 2.17. The van der Waals surface area contributed by atoms with Gasteiger partial charge in [0.05, 0.1) is 23.1 Å². The second kappa shape index (κ2) is 9.50. The molecule has 0 atom stereocenters. The number of nitrogens with one attached hydrogen (secondary N) is 1. The van der Waals surface area contributed by atoms with Crippen LogP contribution in [0.4, 0.5) is 8.78 Å². The Morgan fingerprint density at radius 3 is 2.61 bits per heavy atom. The van der Waals surface area contributed by atoms with Gasteiger partial charge in [0.25, 0.3) is 5.91 Å². The molecule has 1 heterocycles. The van der Waals surface area contributed by atoms with E-state index in [0.29, 0.717) is 41.3 Å². The Kier molecular flexibility index (Phi) is 6.81. The van der Waals surface area contributed by atoms with E-state index in [1.54, 1.807) is 40.7 Å². The first kappa shape index (κ1) is 20.1. The van der Waals surface area contributed by atoms with E-state index in [9.17, 15) is 13.6 Å². The zero-order chi connectivity index (χ0) is 19.9. The molecular weight excluding hydrogens is 380 g/mol. The van der Waals surface area contributed by atoms with E-state index in [1.165, 1.54) is 24.4 Å². The number of hydrogen-bond donors (Lipinski definition) is 1. The van der Waals surface area contributed by atoms with Gasteiger partial charge in [0.2, 0.25) is 0 Å². The van der Waals surface area contributed by atoms with Crippen molar-refractivity contribution in [1.82, 2.24) is 15.1 Å². The lowest BCUT2D eigenvalue weighted by Crippen LogP contribution is -2.26. The molecule has 0 saturated heterocycles. The van der Waals surface area contributed by atoms with Gasteiger partial charge in [-0.05, 0) is 42.3 Å². The number of carbonyl (C=O) groups excluding carboxylic acids is 1. The summed E-state index contributed by atoms with van der Waals surface area (Å²) in [6.45, 7) is 2.42. The van der Waals surface area contributed by atoms with Gasteiger partial charge in [0, 0.05) is 18.1 Å². The number of benzene rings is 2. The standard InChI is InChI=1S/C21H21F2N3OS/c1-2-20-18(13-25-26(20)17-9-7-16(22)8-10-17)21(27)24-11-12-28-14-15-5-3-4-6-19(15)23/h3-10,13H,2,11-12,14H2,1H3,(H,24,27). The smallest absolute Gasteiger partial charge is 0.254 e. The molecule has 0 aliphatic heterocycles. The summed E-state index contributed by atoms with van der Waals surface area (Å²) in [5.41, 5.74) is 2.64. The van der Waals surface area contributed by atoms with Crippen molar-refractivity contribution >= 4 is 17.7 Å². The molecule has 1 amide bonds. The highest BCUT2D eigenvalue weighted by atomic mass is 32.2. The Morgan fingerprint density at radius 2 is 1.89 bits per heavy atom. The van der Waals surface area contributed by atoms with Gasteiger partial charge in [0.15, 0.2) is 0 Å². The second-order valence-corrected chi connectivity index (χ2v) is 7.25. The molecule has 28 heavy (non-hydrogen) atoms. The lowest BCUT2D eigenvalue weighted by atomic mass is 10.2. The van der Waals surface area contributed by atoms with Crippen molar-refractivity contribution in [3.05, 3.63) is 83.2 Å². The topological polar surface area (TPSA) is 46.9 Å². The summed E-state index contributed by atoms with van der Waals surface area (Å²) in [5, 5.41) is 7.17. The first-order chi connectivity index (χ1) is 13.6. The summed E-state index contributed by atoms with van der Waals surface area (Å²) in [6.07, 6.45) is 2.15. The summed E-state index contributed by atoms with van der Waals surface area (Å²) in [5.74, 6) is 0.509. The number of halogens is 2. The van der Waals surface area contributed by atoms with E-state index < -0.39 is 0 Å². The first-order valence-corrected chi connectivity index (χ1v) is 10.2. The molecule has 3 rings (SSSR count). The average Bonchev–Trinajstić information content (AvgIpc) is 3.13. The van der Waals surface area contributed by atoms with Crippen LogP contribution in [-0.2, 0) is 12.2 Å². The maximum absolute atomic E-state index is 13.6. The fourth-order valence-corrected chi connectivity index (χ4v) is 3.68. The van der Waals surface area contributed by atoms with Crippen LogP contribution in [0.3, 0.4) is 0 Å². The molecule has 0 fully saturated rings. The van der Waals surface area contributed by atoms with Crippen molar-refractivity contribution in [3.63, 3.8) is 0 Å². The zero-order valence-electron chi connectivity index (χ0n) is 15.5. The van der Waals surface area contributed by atoms with Crippen molar-refractivity contribution in [2.45, 2.75) is 19.1 Å². The van der Waals surface area contributed by atoms with Gasteiger partial charge in [-0.25, -0.2) is 13.5 Å². The predicted octanol–water partition coefficient (Wildman–Crippen LogP) is 4.38. The summed E-state index contributed by atoms with van der Waals surface area (Å²) in [7, 11) is 0. The molecule has 4 nitrogen and oxygen atoms in total. The van der Waals surface area contributed by atoms with Crippen molar-refractivity contribution in [2.24, 2.45) is 0 Å². The van der Waals surface area contributed by atoms with Crippen molar-refractivity contribution < 1.29 is 13.6 Å². The molecule has 7 heteroatoms.